The second kappa shape index (κ2) is 5.35. The van der Waals surface area contributed by atoms with E-state index >= 15 is 0 Å². The highest BCUT2D eigenvalue weighted by Crippen LogP contribution is 2.19. The highest BCUT2D eigenvalue weighted by atomic mass is 79.9. The molecule has 1 aromatic carbocycles. The minimum absolute atomic E-state index is 0.118. The number of ketones is 1. The van der Waals surface area contributed by atoms with Crippen molar-refractivity contribution in [3.8, 4) is 0 Å². The van der Waals surface area contributed by atoms with Crippen molar-refractivity contribution in [2.75, 3.05) is 0 Å². The highest BCUT2D eigenvalue weighted by Gasteiger charge is 2.11. The van der Waals surface area contributed by atoms with Gasteiger partial charge < -0.3 is 0 Å². The average molecular weight is 309 g/mol. The molecule has 5 heteroatoms. The summed E-state index contributed by atoms with van der Waals surface area (Å²) in [6.45, 7) is 1.73. The summed E-state index contributed by atoms with van der Waals surface area (Å²) in [6, 6.07) is 5.84. The van der Waals surface area contributed by atoms with Gasteiger partial charge in [-0.1, -0.05) is 22.0 Å². The number of aryl methyl sites for hydroxylation is 1. The summed E-state index contributed by atoms with van der Waals surface area (Å²) < 4.78 is 13.5. The number of aromatic nitrogens is 2. The van der Waals surface area contributed by atoms with Crippen LogP contribution in [0.25, 0.3) is 0 Å². The first kappa shape index (κ1) is 12.8. The second-order valence-corrected chi connectivity index (χ2v) is 4.68. The Morgan fingerprint density at radius 1 is 1.39 bits per heavy atom. The number of nitrogens with zero attached hydrogens (tertiary/aromatic N) is 2. The molecule has 0 fully saturated rings. The average Bonchev–Trinajstić information content (AvgIpc) is 2.32. The lowest BCUT2D eigenvalue weighted by Gasteiger charge is -2.04. The summed E-state index contributed by atoms with van der Waals surface area (Å²) in [4.78, 5) is 20.0. The maximum absolute atomic E-state index is 12.9. The predicted octanol–water partition coefficient (Wildman–Crippen LogP) is 3.11. The normalized spacial score (nSPS) is 10.4. The number of benzene rings is 1. The van der Waals surface area contributed by atoms with E-state index in [9.17, 15) is 9.18 Å². The monoisotopic (exact) mass is 308 g/mol. The Balaban J connectivity index is 2.21. The van der Waals surface area contributed by atoms with E-state index in [4.69, 9.17) is 0 Å². The molecule has 3 nitrogen and oxygen atoms in total. The van der Waals surface area contributed by atoms with E-state index < -0.39 is 0 Å². The minimum Gasteiger partial charge on any atom is -0.292 e. The molecular formula is C13H10BrFN2O. The Bertz CT molecular complexity index is 601. The molecule has 0 spiro atoms. The number of carbonyl (C=O) groups is 1. The smallest absolute Gasteiger partial charge is 0.185 e. The first-order valence-electron chi connectivity index (χ1n) is 5.33. The van der Waals surface area contributed by atoms with Crippen LogP contribution in [0.4, 0.5) is 4.39 Å². The van der Waals surface area contributed by atoms with Gasteiger partial charge in [-0.05, 0) is 30.7 Å². The summed E-state index contributed by atoms with van der Waals surface area (Å²) in [5, 5.41) is 0. The molecule has 0 saturated heterocycles. The van der Waals surface area contributed by atoms with Crippen LogP contribution in [0.2, 0.25) is 0 Å². The van der Waals surface area contributed by atoms with E-state index in [-0.39, 0.29) is 18.0 Å². The standard InChI is InChI=1S/C13H10BrFN2O/c1-8-16-5-4-12(17-8)13(18)6-9-2-3-10(15)7-11(9)14/h2-5,7H,6H2,1H3. The number of halogens is 2. The van der Waals surface area contributed by atoms with Crippen LogP contribution in [0.3, 0.4) is 0 Å². The Kier molecular flexibility index (Phi) is 3.81. The van der Waals surface area contributed by atoms with E-state index in [1.165, 1.54) is 12.1 Å². The van der Waals surface area contributed by atoms with Gasteiger partial charge in [0.1, 0.15) is 17.3 Å². The molecule has 0 N–H and O–H groups in total. The number of hydrogen-bond acceptors (Lipinski definition) is 3. The first-order valence-corrected chi connectivity index (χ1v) is 6.12. The lowest BCUT2D eigenvalue weighted by molar-refractivity contribution is 0.0987. The maximum Gasteiger partial charge on any atom is 0.185 e. The fourth-order valence-electron chi connectivity index (χ4n) is 1.54. The summed E-state index contributed by atoms with van der Waals surface area (Å²) >= 11 is 3.24. The van der Waals surface area contributed by atoms with Crippen molar-refractivity contribution >= 4 is 21.7 Å². The van der Waals surface area contributed by atoms with Crippen LogP contribution in [0.5, 0.6) is 0 Å². The number of hydrogen-bond donors (Lipinski definition) is 0. The van der Waals surface area contributed by atoms with Crippen molar-refractivity contribution in [2.24, 2.45) is 0 Å². The van der Waals surface area contributed by atoms with Crippen molar-refractivity contribution in [1.82, 2.24) is 9.97 Å². The van der Waals surface area contributed by atoms with Crippen LogP contribution in [0.15, 0.2) is 34.9 Å². The Morgan fingerprint density at radius 2 is 2.17 bits per heavy atom. The molecule has 0 amide bonds. The lowest BCUT2D eigenvalue weighted by atomic mass is 10.1. The fourth-order valence-corrected chi connectivity index (χ4v) is 2.03. The van der Waals surface area contributed by atoms with Gasteiger partial charge >= 0.3 is 0 Å². The van der Waals surface area contributed by atoms with E-state index in [1.54, 1.807) is 25.3 Å². The van der Waals surface area contributed by atoms with Crippen molar-refractivity contribution in [1.29, 1.82) is 0 Å². The molecule has 1 aromatic heterocycles. The molecule has 92 valence electrons. The second-order valence-electron chi connectivity index (χ2n) is 3.82. The third kappa shape index (κ3) is 2.98. The molecule has 0 aliphatic carbocycles. The van der Waals surface area contributed by atoms with E-state index in [2.05, 4.69) is 25.9 Å². The molecule has 2 aromatic rings. The van der Waals surface area contributed by atoms with Crippen molar-refractivity contribution in [3.05, 3.63) is 57.8 Å². The minimum atomic E-state index is -0.337. The molecule has 0 radical (unpaired) electrons. The van der Waals surface area contributed by atoms with Gasteiger partial charge in [-0.25, -0.2) is 14.4 Å². The Labute approximate surface area is 112 Å². The van der Waals surface area contributed by atoms with Gasteiger partial charge in [0.05, 0.1) is 0 Å². The summed E-state index contributed by atoms with van der Waals surface area (Å²) in [5.41, 5.74) is 1.11. The van der Waals surface area contributed by atoms with Gasteiger partial charge in [-0.15, -0.1) is 0 Å². The Hall–Kier alpha value is -1.62. The number of carbonyl (C=O) groups excluding carboxylic acids is 1. The van der Waals surface area contributed by atoms with Crippen molar-refractivity contribution in [3.63, 3.8) is 0 Å². The molecule has 0 aliphatic heterocycles. The highest BCUT2D eigenvalue weighted by molar-refractivity contribution is 9.10. The van der Waals surface area contributed by atoms with Crippen LogP contribution < -0.4 is 0 Å². The zero-order chi connectivity index (χ0) is 13.1. The lowest BCUT2D eigenvalue weighted by Crippen LogP contribution is -2.08. The first-order chi connectivity index (χ1) is 8.56. The molecule has 0 atom stereocenters. The third-order valence-corrected chi connectivity index (χ3v) is 3.17. The summed E-state index contributed by atoms with van der Waals surface area (Å²) in [5.74, 6) is 0.0998. The zero-order valence-electron chi connectivity index (χ0n) is 9.65. The fraction of sp³-hybridized carbons (Fsp3) is 0.154. The molecule has 18 heavy (non-hydrogen) atoms. The van der Waals surface area contributed by atoms with Crippen LogP contribution in [-0.2, 0) is 6.42 Å². The largest absolute Gasteiger partial charge is 0.292 e. The molecule has 0 unspecified atom stereocenters. The van der Waals surface area contributed by atoms with Gasteiger partial charge in [0.2, 0.25) is 0 Å². The van der Waals surface area contributed by atoms with Gasteiger partial charge in [0.15, 0.2) is 5.78 Å². The van der Waals surface area contributed by atoms with Crippen molar-refractivity contribution < 1.29 is 9.18 Å². The topological polar surface area (TPSA) is 42.9 Å². The molecule has 1 heterocycles. The molecule has 2 rings (SSSR count). The van der Waals surface area contributed by atoms with Gasteiger partial charge in [-0.2, -0.15) is 0 Å². The summed E-state index contributed by atoms with van der Waals surface area (Å²) in [6.07, 6.45) is 1.73. The predicted molar refractivity (Wildman–Crippen MR) is 68.9 cm³/mol. The van der Waals surface area contributed by atoms with Crippen LogP contribution in [-0.4, -0.2) is 15.8 Å². The molecule has 0 saturated carbocycles. The van der Waals surface area contributed by atoms with Crippen LogP contribution in [0, 0.1) is 12.7 Å². The molecule has 0 bridgehead atoms. The zero-order valence-corrected chi connectivity index (χ0v) is 11.2. The number of Topliss-reactive ketones (excluding diaryl/α,β-unsaturated/α-hetero) is 1. The van der Waals surface area contributed by atoms with Crippen LogP contribution >= 0.6 is 15.9 Å². The van der Waals surface area contributed by atoms with Crippen LogP contribution in [0.1, 0.15) is 21.9 Å². The van der Waals surface area contributed by atoms with Crippen molar-refractivity contribution in [2.45, 2.75) is 13.3 Å². The maximum atomic E-state index is 12.9. The third-order valence-electron chi connectivity index (χ3n) is 2.43. The van der Waals surface area contributed by atoms with Gasteiger partial charge in [-0.3, -0.25) is 4.79 Å². The quantitative estimate of drug-likeness (QED) is 0.818. The van der Waals surface area contributed by atoms with E-state index in [1.807, 2.05) is 0 Å². The van der Waals surface area contributed by atoms with Gasteiger partial charge in [0.25, 0.3) is 0 Å². The van der Waals surface area contributed by atoms with Gasteiger partial charge in [0, 0.05) is 17.1 Å². The molecular weight excluding hydrogens is 299 g/mol. The van der Waals surface area contributed by atoms with E-state index in [0.717, 1.165) is 5.56 Å². The Morgan fingerprint density at radius 3 is 2.83 bits per heavy atom. The SMILES string of the molecule is Cc1nccc(C(=O)Cc2ccc(F)cc2Br)n1. The number of rotatable bonds is 3. The molecule has 0 aliphatic rings. The van der Waals surface area contributed by atoms with E-state index in [0.29, 0.717) is 16.0 Å². The summed E-state index contributed by atoms with van der Waals surface area (Å²) in [7, 11) is 0.